The van der Waals surface area contributed by atoms with E-state index in [-0.39, 0.29) is 11.1 Å². The number of hydrogen-bond donors (Lipinski definition) is 1. The molecule has 1 N–H and O–H groups in total. The zero-order valence-corrected chi connectivity index (χ0v) is 10.9. The zero-order valence-electron chi connectivity index (χ0n) is 10.9. The Balaban J connectivity index is 2.58. The summed E-state index contributed by atoms with van der Waals surface area (Å²) >= 11 is 0. The fourth-order valence-corrected chi connectivity index (χ4v) is 1.65. The van der Waals surface area contributed by atoms with Gasteiger partial charge >= 0.3 is 6.18 Å². The van der Waals surface area contributed by atoms with Gasteiger partial charge in [0.15, 0.2) is 0 Å². The molecule has 0 saturated heterocycles. The molecular formula is C13H19F3N2. The predicted molar refractivity (Wildman–Crippen MR) is 65.3 cm³/mol. The lowest BCUT2D eigenvalue weighted by atomic mass is 10.0. The first-order valence-electron chi connectivity index (χ1n) is 5.95. The molecule has 18 heavy (non-hydrogen) atoms. The van der Waals surface area contributed by atoms with Gasteiger partial charge in [0.1, 0.15) is 0 Å². The molecule has 0 aliphatic rings. The molecule has 0 fully saturated rings. The van der Waals surface area contributed by atoms with Gasteiger partial charge in [0, 0.05) is 17.9 Å². The number of alkyl halides is 3. The minimum Gasteiger partial charge on any atom is -0.312 e. The van der Waals surface area contributed by atoms with Crippen molar-refractivity contribution in [2.24, 2.45) is 0 Å². The van der Waals surface area contributed by atoms with Gasteiger partial charge in [-0.15, -0.1) is 0 Å². The van der Waals surface area contributed by atoms with Gasteiger partial charge in [0.05, 0.1) is 5.56 Å². The SMILES string of the molecule is CC(C)(C)NCCCc1cnccc1C(F)(F)F. The molecule has 0 aliphatic carbocycles. The van der Waals surface area contributed by atoms with Crippen LogP contribution < -0.4 is 5.32 Å². The topological polar surface area (TPSA) is 24.9 Å². The van der Waals surface area contributed by atoms with E-state index >= 15 is 0 Å². The molecule has 102 valence electrons. The summed E-state index contributed by atoms with van der Waals surface area (Å²) in [6.07, 6.45) is -0.771. The Bertz CT molecular complexity index is 381. The van der Waals surface area contributed by atoms with Gasteiger partial charge in [0.25, 0.3) is 0 Å². The summed E-state index contributed by atoms with van der Waals surface area (Å²) in [6.45, 7) is 6.77. The van der Waals surface area contributed by atoms with E-state index in [1.165, 1.54) is 12.4 Å². The number of nitrogens with zero attached hydrogens (tertiary/aromatic N) is 1. The van der Waals surface area contributed by atoms with E-state index in [0.29, 0.717) is 19.4 Å². The molecule has 1 aromatic heterocycles. The average Bonchev–Trinajstić information content (AvgIpc) is 2.22. The summed E-state index contributed by atoms with van der Waals surface area (Å²) in [5.41, 5.74) is -0.323. The standard InChI is InChI=1S/C13H19F3N2/c1-12(2,3)18-7-4-5-10-9-17-8-6-11(10)13(14,15)16/h6,8-9,18H,4-5,7H2,1-3H3. The lowest BCUT2D eigenvalue weighted by Crippen LogP contribution is -2.36. The van der Waals surface area contributed by atoms with Crippen molar-refractivity contribution in [1.82, 2.24) is 10.3 Å². The summed E-state index contributed by atoms with van der Waals surface area (Å²) in [5.74, 6) is 0. The molecule has 2 nitrogen and oxygen atoms in total. The zero-order chi connectivity index (χ0) is 13.8. The van der Waals surface area contributed by atoms with Gasteiger partial charge in [-0.25, -0.2) is 0 Å². The average molecular weight is 260 g/mol. The molecule has 0 atom stereocenters. The Kier molecular flexibility index (Phi) is 4.73. The van der Waals surface area contributed by atoms with E-state index in [1.54, 1.807) is 0 Å². The van der Waals surface area contributed by atoms with E-state index in [1.807, 2.05) is 20.8 Å². The van der Waals surface area contributed by atoms with E-state index in [4.69, 9.17) is 0 Å². The van der Waals surface area contributed by atoms with E-state index in [9.17, 15) is 13.2 Å². The molecule has 0 radical (unpaired) electrons. The Morgan fingerprint density at radius 1 is 1.22 bits per heavy atom. The van der Waals surface area contributed by atoms with Crippen LogP contribution in [0.5, 0.6) is 0 Å². The van der Waals surface area contributed by atoms with Crippen LogP contribution >= 0.6 is 0 Å². The second-order valence-electron chi connectivity index (χ2n) is 5.31. The summed E-state index contributed by atoms with van der Waals surface area (Å²) in [6, 6.07) is 1.03. The van der Waals surface area contributed by atoms with Crippen LogP contribution in [0.1, 0.15) is 38.3 Å². The molecule has 5 heteroatoms. The van der Waals surface area contributed by atoms with Crippen LogP contribution in [0.25, 0.3) is 0 Å². The van der Waals surface area contributed by atoms with Crippen molar-refractivity contribution < 1.29 is 13.2 Å². The first-order chi connectivity index (χ1) is 8.20. The third kappa shape index (κ3) is 5.04. The number of rotatable bonds is 4. The Labute approximate surface area is 106 Å². The van der Waals surface area contributed by atoms with Gasteiger partial charge < -0.3 is 5.32 Å². The van der Waals surface area contributed by atoms with Crippen molar-refractivity contribution in [2.45, 2.75) is 45.3 Å². The third-order valence-electron chi connectivity index (χ3n) is 2.49. The van der Waals surface area contributed by atoms with Crippen molar-refractivity contribution in [3.63, 3.8) is 0 Å². The molecular weight excluding hydrogens is 241 g/mol. The van der Waals surface area contributed by atoms with Gasteiger partial charge in [0.2, 0.25) is 0 Å². The Morgan fingerprint density at radius 2 is 1.89 bits per heavy atom. The maximum atomic E-state index is 12.7. The minimum atomic E-state index is -4.30. The second-order valence-corrected chi connectivity index (χ2v) is 5.31. The smallest absolute Gasteiger partial charge is 0.312 e. The van der Waals surface area contributed by atoms with Crippen molar-refractivity contribution in [1.29, 1.82) is 0 Å². The van der Waals surface area contributed by atoms with E-state index in [2.05, 4.69) is 10.3 Å². The molecule has 0 spiro atoms. The highest BCUT2D eigenvalue weighted by atomic mass is 19.4. The monoisotopic (exact) mass is 260 g/mol. The third-order valence-corrected chi connectivity index (χ3v) is 2.49. The first-order valence-corrected chi connectivity index (χ1v) is 5.95. The molecule has 0 aromatic carbocycles. The number of pyridine rings is 1. The van der Waals surface area contributed by atoms with Crippen molar-refractivity contribution in [3.8, 4) is 0 Å². The molecule has 0 unspecified atom stereocenters. The fraction of sp³-hybridized carbons (Fsp3) is 0.615. The van der Waals surface area contributed by atoms with Crippen LogP contribution in [-0.2, 0) is 12.6 Å². The largest absolute Gasteiger partial charge is 0.416 e. The van der Waals surface area contributed by atoms with Crippen LogP contribution in [0.4, 0.5) is 13.2 Å². The van der Waals surface area contributed by atoms with Gasteiger partial charge in [-0.05, 0) is 51.8 Å². The van der Waals surface area contributed by atoms with Gasteiger partial charge in [-0.3, -0.25) is 4.98 Å². The number of halogens is 3. The normalized spacial score (nSPS) is 12.8. The highest BCUT2D eigenvalue weighted by Gasteiger charge is 2.32. The van der Waals surface area contributed by atoms with Gasteiger partial charge in [-0.2, -0.15) is 13.2 Å². The van der Waals surface area contributed by atoms with Gasteiger partial charge in [-0.1, -0.05) is 0 Å². The summed E-state index contributed by atoms with van der Waals surface area (Å²) in [5, 5.41) is 3.25. The van der Waals surface area contributed by atoms with E-state index in [0.717, 1.165) is 6.07 Å². The second kappa shape index (κ2) is 5.69. The number of aryl methyl sites for hydroxylation is 1. The van der Waals surface area contributed by atoms with Crippen LogP contribution in [0.3, 0.4) is 0 Å². The maximum Gasteiger partial charge on any atom is 0.416 e. The van der Waals surface area contributed by atoms with Crippen LogP contribution in [0.15, 0.2) is 18.5 Å². The summed E-state index contributed by atoms with van der Waals surface area (Å²) in [7, 11) is 0. The molecule has 1 heterocycles. The Hall–Kier alpha value is -1.10. The van der Waals surface area contributed by atoms with Crippen LogP contribution in [0, 0.1) is 0 Å². The number of hydrogen-bond acceptors (Lipinski definition) is 2. The maximum absolute atomic E-state index is 12.7. The Morgan fingerprint density at radius 3 is 2.44 bits per heavy atom. The lowest BCUT2D eigenvalue weighted by Gasteiger charge is -2.20. The number of nitrogens with one attached hydrogen (secondary N) is 1. The first kappa shape index (κ1) is 15.0. The number of aromatic nitrogens is 1. The van der Waals surface area contributed by atoms with Crippen molar-refractivity contribution in [3.05, 3.63) is 29.6 Å². The highest BCUT2D eigenvalue weighted by molar-refractivity contribution is 5.26. The van der Waals surface area contributed by atoms with Crippen LogP contribution in [-0.4, -0.2) is 17.1 Å². The molecule has 1 rings (SSSR count). The highest BCUT2D eigenvalue weighted by Crippen LogP contribution is 2.31. The molecule has 0 saturated carbocycles. The minimum absolute atomic E-state index is 0.0121. The molecule has 0 amide bonds. The van der Waals surface area contributed by atoms with Crippen molar-refractivity contribution >= 4 is 0 Å². The summed E-state index contributed by atoms with van der Waals surface area (Å²) in [4.78, 5) is 3.77. The molecule has 0 bridgehead atoms. The predicted octanol–water partition coefficient (Wildman–Crippen LogP) is 3.42. The van der Waals surface area contributed by atoms with Crippen LogP contribution in [0.2, 0.25) is 0 Å². The van der Waals surface area contributed by atoms with Crippen molar-refractivity contribution in [2.75, 3.05) is 6.54 Å². The quantitative estimate of drug-likeness (QED) is 0.839. The fourth-order valence-electron chi connectivity index (χ4n) is 1.65. The lowest BCUT2D eigenvalue weighted by molar-refractivity contribution is -0.138. The molecule has 0 aliphatic heterocycles. The van der Waals surface area contributed by atoms with E-state index < -0.39 is 11.7 Å². The molecule has 1 aromatic rings. The summed E-state index contributed by atoms with van der Waals surface area (Å²) < 4.78 is 38.1.